The number of ether oxygens (including phenoxy) is 6. The summed E-state index contributed by atoms with van der Waals surface area (Å²) in [4.78, 5) is 46.0. The van der Waals surface area contributed by atoms with Crippen molar-refractivity contribution < 1.29 is 63.2 Å². The average molecular weight is 697 g/mol. The smallest absolute Gasteiger partial charge is 0.202 e. The molecule has 2 aromatic rings. The van der Waals surface area contributed by atoms with Crippen LogP contribution < -0.4 is 4.74 Å². The highest BCUT2D eigenvalue weighted by atomic mass is 16.7. The molecule has 2 aliphatic carbocycles. The van der Waals surface area contributed by atoms with E-state index in [9.17, 15) is 34.8 Å². The number of carbonyl (C=O) groups is 3. The number of morpholine rings is 1. The van der Waals surface area contributed by atoms with Gasteiger partial charge in [0.2, 0.25) is 5.78 Å². The van der Waals surface area contributed by atoms with Crippen LogP contribution in [0.1, 0.15) is 75.8 Å². The standard InChI is InChI=1S/C35H40N2O13/c1-15(39)13-36-22(14-38)35(44)11-18-25(31(43)27-26(29(18)41)28(40)17-6-5-7-20(45-3)24(17)30(27)42)21(12-35)49-23-10-19-32(16(2)48-23)50-33-34(46-4)47-9-8-37(19)33/h5-7,16,19,21,23,32-34,38,41,43-44H,8-14H2,1-4H3/t16-,19-,21-,23?,32+,33+,34-,35-/m0/s1. The van der Waals surface area contributed by atoms with Crippen molar-refractivity contribution in [3.8, 4) is 17.2 Å². The summed E-state index contributed by atoms with van der Waals surface area (Å²) in [6.07, 6.45) is -4.48. The van der Waals surface area contributed by atoms with Crippen molar-refractivity contribution in [2.45, 2.75) is 81.9 Å². The summed E-state index contributed by atoms with van der Waals surface area (Å²) in [7, 11) is 2.89. The lowest BCUT2D eigenvalue weighted by Gasteiger charge is -2.44. The lowest BCUT2D eigenvalue weighted by molar-refractivity contribution is -0.255. The van der Waals surface area contributed by atoms with Crippen molar-refractivity contribution in [1.82, 2.24) is 4.90 Å². The zero-order valence-corrected chi connectivity index (χ0v) is 28.1. The molecule has 50 heavy (non-hydrogen) atoms. The number of rotatable bonds is 8. The van der Waals surface area contributed by atoms with Crippen LogP contribution in [0.15, 0.2) is 23.2 Å². The van der Waals surface area contributed by atoms with Gasteiger partial charge in [-0.1, -0.05) is 12.1 Å². The minimum Gasteiger partial charge on any atom is -0.507 e. The second-order valence-electron chi connectivity index (χ2n) is 13.3. The number of fused-ring (bicyclic) bond motifs is 6. The van der Waals surface area contributed by atoms with Gasteiger partial charge in [0.15, 0.2) is 30.4 Å². The number of aliphatic hydroxyl groups excluding tert-OH is 1. The Morgan fingerprint density at radius 1 is 1.10 bits per heavy atom. The Labute approximate surface area is 287 Å². The summed E-state index contributed by atoms with van der Waals surface area (Å²) in [5, 5.41) is 46.2. The van der Waals surface area contributed by atoms with Gasteiger partial charge in [-0.05, 0) is 19.9 Å². The number of methoxy groups -OCH3 is 2. The molecule has 1 unspecified atom stereocenters. The molecule has 3 saturated heterocycles. The van der Waals surface area contributed by atoms with Crippen LogP contribution in [0.4, 0.5) is 0 Å². The van der Waals surface area contributed by atoms with Crippen molar-refractivity contribution in [2.75, 3.05) is 40.5 Å². The fourth-order valence-electron chi connectivity index (χ4n) is 8.10. The van der Waals surface area contributed by atoms with E-state index in [1.807, 2.05) is 6.92 Å². The predicted octanol–water partition coefficient (Wildman–Crippen LogP) is 1.17. The van der Waals surface area contributed by atoms with E-state index in [4.69, 9.17) is 28.4 Å². The summed E-state index contributed by atoms with van der Waals surface area (Å²) in [6.45, 7) is 3.10. The van der Waals surface area contributed by atoms with E-state index < -0.39 is 83.8 Å². The van der Waals surface area contributed by atoms with Crippen LogP contribution in [0.25, 0.3) is 0 Å². The lowest BCUT2D eigenvalue weighted by Crippen LogP contribution is -2.55. The van der Waals surface area contributed by atoms with Gasteiger partial charge in [-0.2, -0.15) is 0 Å². The second-order valence-corrected chi connectivity index (χ2v) is 13.3. The van der Waals surface area contributed by atoms with Gasteiger partial charge in [0, 0.05) is 55.6 Å². The number of Topliss-reactive ketones (excluding diaryl/α,β-unsaturated/α-hetero) is 1. The number of aliphatic hydroxyl groups is 2. The van der Waals surface area contributed by atoms with Gasteiger partial charge in [0.05, 0.1) is 61.5 Å². The van der Waals surface area contributed by atoms with Crippen molar-refractivity contribution in [3.63, 3.8) is 0 Å². The summed E-state index contributed by atoms with van der Waals surface area (Å²) in [5.74, 6) is -2.88. The molecule has 2 aromatic carbocycles. The molecule has 0 radical (unpaired) electrons. The Kier molecular flexibility index (Phi) is 9.05. The predicted molar refractivity (Wildman–Crippen MR) is 172 cm³/mol. The highest BCUT2D eigenvalue weighted by Gasteiger charge is 2.55. The van der Waals surface area contributed by atoms with Crippen molar-refractivity contribution in [2.24, 2.45) is 4.99 Å². The monoisotopic (exact) mass is 696 g/mol. The molecule has 15 nitrogen and oxygen atoms in total. The maximum atomic E-state index is 14.0. The molecule has 0 aromatic heterocycles. The van der Waals surface area contributed by atoms with Gasteiger partial charge < -0.3 is 48.8 Å². The Balaban J connectivity index is 1.32. The minimum absolute atomic E-state index is 0.0148. The van der Waals surface area contributed by atoms with Crippen LogP contribution >= 0.6 is 0 Å². The number of benzene rings is 2. The van der Waals surface area contributed by atoms with Gasteiger partial charge >= 0.3 is 0 Å². The zero-order chi connectivity index (χ0) is 35.6. The second kappa shape index (κ2) is 13.1. The molecule has 5 aliphatic rings. The number of aromatic hydroxyl groups is 2. The zero-order valence-electron chi connectivity index (χ0n) is 28.1. The molecular weight excluding hydrogens is 656 g/mol. The van der Waals surface area contributed by atoms with E-state index >= 15 is 0 Å². The van der Waals surface area contributed by atoms with Crippen LogP contribution in [-0.4, -0.2) is 132 Å². The van der Waals surface area contributed by atoms with Crippen molar-refractivity contribution in [3.05, 3.63) is 51.6 Å². The first kappa shape index (κ1) is 34.6. The topological polar surface area (TPSA) is 203 Å². The van der Waals surface area contributed by atoms with Crippen LogP contribution in [0, 0.1) is 0 Å². The fourth-order valence-corrected chi connectivity index (χ4v) is 8.10. The average Bonchev–Trinajstić information content (AvgIpc) is 3.47. The first-order valence-corrected chi connectivity index (χ1v) is 16.5. The van der Waals surface area contributed by atoms with E-state index in [-0.39, 0.29) is 64.6 Å². The summed E-state index contributed by atoms with van der Waals surface area (Å²) in [5.41, 5.74) is -3.16. The largest absolute Gasteiger partial charge is 0.507 e. The van der Waals surface area contributed by atoms with Crippen LogP contribution in [0.5, 0.6) is 17.2 Å². The number of carbonyl (C=O) groups excluding carboxylic acids is 3. The molecule has 3 heterocycles. The minimum atomic E-state index is -2.00. The molecule has 0 amide bonds. The number of aliphatic imine (C=N–C) groups is 1. The van der Waals surface area contributed by atoms with E-state index in [0.717, 1.165) is 0 Å². The third-order valence-electron chi connectivity index (χ3n) is 10.4. The molecule has 0 spiro atoms. The summed E-state index contributed by atoms with van der Waals surface area (Å²) < 4.78 is 35.7. The van der Waals surface area contributed by atoms with Gasteiger partial charge in [-0.15, -0.1) is 0 Å². The Hall–Kier alpha value is -3.80. The van der Waals surface area contributed by atoms with Gasteiger partial charge in [0.25, 0.3) is 0 Å². The molecule has 0 bridgehead atoms. The Morgan fingerprint density at radius 3 is 2.56 bits per heavy atom. The molecule has 3 fully saturated rings. The van der Waals surface area contributed by atoms with Gasteiger partial charge in [-0.25, -0.2) is 0 Å². The number of ketones is 3. The molecule has 15 heteroatoms. The van der Waals surface area contributed by atoms with Crippen molar-refractivity contribution >= 4 is 23.1 Å². The molecule has 0 saturated carbocycles. The van der Waals surface area contributed by atoms with E-state index in [2.05, 4.69) is 9.89 Å². The van der Waals surface area contributed by atoms with Gasteiger partial charge in [0.1, 0.15) is 29.0 Å². The first-order valence-electron chi connectivity index (χ1n) is 16.5. The van der Waals surface area contributed by atoms with E-state index in [0.29, 0.717) is 19.6 Å². The molecule has 7 rings (SSSR count). The van der Waals surface area contributed by atoms with E-state index in [1.165, 1.54) is 32.2 Å². The molecule has 4 N–H and O–H groups in total. The number of hydrogen-bond acceptors (Lipinski definition) is 15. The van der Waals surface area contributed by atoms with Crippen LogP contribution in [-0.2, 0) is 34.9 Å². The Bertz CT molecular complexity index is 1780. The number of hydrogen-bond donors (Lipinski definition) is 4. The maximum Gasteiger partial charge on any atom is 0.202 e. The molecule has 8 atom stereocenters. The number of phenolic OH excluding ortho intramolecular Hbond substituents is 2. The third kappa shape index (κ3) is 5.43. The molecular formula is C35H40N2O13. The van der Waals surface area contributed by atoms with Gasteiger partial charge in [-0.3, -0.25) is 24.3 Å². The summed E-state index contributed by atoms with van der Waals surface area (Å²) >= 11 is 0. The Morgan fingerprint density at radius 2 is 1.86 bits per heavy atom. The third-order valence-corrected chi connectivity index (χ3v) is 10.4. The summed E-state index contributed by atoms with van der Waals surface area (Å²) in [6, 6.07) is 4.30. The van der Waals surface area contributed by atoms with Crippen LogP contribution in [0.3, 0.4) is 0 Å². The van der Waals surface area contributed by atoms with Crippen LogP contribution in [0.2, 0.25) is 0 Å². The molecule has 268 valence electrons. The quantitative estimate of drug-likeness (QED) is 0.193. The van der Waals surface area contributed by atoms with E-state index in [1.54, 1.807) is 7.11 Å². The lowest BCUT2D eigenvalue weighted by atomic mass is 9.71. The highest BCUT2D eigenvalue weighted by Crippen LogP contribution is 2.53. The van der Waals surface area contributed by atoms with Crippen molar-refractivity contribution in [1.29, 1.82) is 0 Å². The number of phenols is 2. The normalized spacial score (nSPS) is 32.1. The maximum absolute atomic E-state index is 14.0. The fraction of sp³-hybridized carbons (Fsp3) is 0.543. The first-order chi connectivity index (χ1) is 23.9. The number of nitrogens with zero attached hydrogens (tertiary/aromatic N) is 2. The SMILES string of the molecule is COc1cccc2c1C(=O)c1c(O)c3c(c(O)c1C2=O)C[C@@](O)(C(CO)=NCC(C)=O)C[C@@H]3OC1C[C@H]2[C@H](O[C@@H]3[C@@H](OC)OCCN32)[C@H](C)O1. The molecule has 3 aliphatic heterocycles. The highest BCUT2D eigenvalue weighted by molar-refractivity contribution is 6.31.